The summed E-state index contributed by atoms with van der Waals surface area (Å²) in [5, 5.41) is 2.85. The third-order valence-corrected chi connectivity index (χ3v) is 3.92. The number of aromatic nitrogens is 1. The second kappa shape index (κ2) is 7.38. The zero-order valence-electron chi connectivity index (χ0n) is 12.5. The summed E-state index contributed by atoms with van der Waals surface area (Å²) in [5.74, 6) is 0.570. The molecular weight excluding hydrogens is 288 g/mol. The molecule has 0 saturated heterocycles. The van der Waals surface area contributed by atoms with Gasteiger partial charge in [0, 0.05) is 18.0 Å². The Bertz CT molecular complexity index is 563. The van der Waals surface area contributed by atoms with Crippen LogP contribution >= 0.6 is 11.3 Å². The SMILES string of the molecule is CCOC(=O)CN(Cc1csc(-c2ccco2)n1)C(C)C. The van der Waals surface area contributed by atoms with Gasteiger partial charge in [-0.25, -0.2) is 4.98 Å². The molecule has 0 aliphatic carbocycles. The standard InChI is InChI=1S/C15H20N2O3S/c1-4-19-14(18)9-17(11(2)3)8-12-10-21-15(16-12)13-6-5-7-20-13/h5-7,10-11H,4,8-9H2,1-3H3. The van der Waals surface area contributed by atoms with E-state index in [1.165, 1.54) is 0 Å². The van der Waals surface area contributed by atoms with Gasteiger partial charge in [0.1, 0.15) is 0 Å². The van der Waals surface area contributed by atoms with Gasteiger partial charge in [0.25, 0.3) is 0 Å². The second-order valence-corrected chi connectivity index (χ2v) is 5.78. The Labute approximate surface area is 128 Å². The molecule has 2 aromatic heterocycles. The number of carbonyl (C=O) groups is 1. The molecule has 2 rings (SSSR count). The number of esters is 1. The zero-order chi connectivity index (χ0) is 15.2. The molecule has 0 amide bonds. The molecule has 2 heterocycles. The van der Waals surface area contributed by atoms with E-state index in [1.54, 1.807) is 17.6 Å². The van der Waals surface area contributed by atoms with E-state index < -0.39 is 0 Å². The first-order chi connectivity index (χ1) is 10.1. The van der Waals surface area contributed by atoms with Crippen LogP contribution in [0.3, 0.4) is 0 Å². The van der Waals surface area contributed by atoms with Crippen LogP contribution in [0, 0.1) is 0 Å². The Morgan fingerprint density at radius 1 is 1.52 bits per heavy atom. The molecule has 21 heavy (non-hydrogen) atoms. The van der Waals surface area contributed by atoms with E-state index in [1.807, 2.05) is 29.3 Å². The maximum atomic E-state index is 11.6. The minimum absolute atomic E-state index is 0.201. The van der Waals surface area contributed by atoms with E-state index in [0.29, 0.717) is 13.2 Å². The maximum absolute atomic E-state index is 11.6. The van der Waals surface area contributed by atoms with Gasteiger partial charge in [-0.2, -0.15) is 0 Å². The van der Waals surface area contributed by atoms with Crippen molar-refractivity contribution in [3.05, 3.63) is 29.5 Å². The monoisotopic (exact) mass is 308 g/mol. The van der Waals surface area contributed by atoms with E-state index in [-0.39, 0.29) is 18.6 Å². The molecule has 0 atom stereocenters. The Hall–Kier alpha value is -1.66. The molecule has 114 valence electrons. The Morgan fingerprint density at radius 3 is 2.95 bits per heavy atom. The summed E-state index contributed by atoms with van der Waals surface area (Å²) in [6, 6.07) is 3.97. The number of hydrogen-bond donors (Lipinski definition) is 0. The summed E-state index contributed by atoms with van der Waals surface area (Å²) < 4.78 is 10.4. The topological polar surface area (TPSA) is 55.6 Å². The van der Waals surface area contributed by atoms with E-state index in [9.17, 15) is 4.79 Å². The maximum Gasteiger partial charge on any atom is 0.320 e. The van der Waals surface area contributed by atoms with Crippen molar-refractivity contribution < 1.29 is 13.9 Å². The predicted octanol–water partition coefficient (Wildman–Crippen LogP) is 3.18. The van der Waals surface area contributed by atoms with Crippen molar-refractivity contribution in [1.82, 2.24) is 9.88 Å². The van der Waals surface area contributed by atoms with Crippen LogP contribution in [-0.4, -0.2) is 35.0 Å². The fourth-order valence-electron chi connectivity index (χ4n) is 1.89. The van der Waals surface area contributed by atoms with Gasteiger partial charge < -0.3 is 9.15 Å². The number of nitrogens with zero attached hydrogens (tertiary/aromatic N) is 2. The first kappa shape index (κ1) is 15.7. The highest BCUT2D eigenvalue weighted by Gasteiger charge is 2.17. The van der Waals surface area contributed by atoms with Gasteiger partial charge in [0.15, 0.2) is 10.8 Å². The smallest absolute Gasteiger partial charge is 0.320 e. The van der Waals surface area contributed by atoms with E-state index in [0.717, 1.165) is 16.5 Å². The average molecular weight is 308 g/mol. The molecule has 0 unspecified atom stereocenters. The molecule has 0 aliphatic heterocycles. The normalized spacial score (nSPS) is 11.3. The molecule has 0 bridgehead atoms. The van der Waals surface area contributed by atoms with Crippen LogP contribution in [0.4, 0.5) is 0 Å². The van der Waals surface area contributed by atoms with Crippen LogP contribution in [0.1, 0.15) is 26.5 Å². The molecule has 0 spiro atoms. The van der Waals surface area contributed by atoms with Gasteiger partial charge in [-0.15, -0.1) is 11.3 Å². The first-order valence-electron chi connectivity index (χ1n) is 6.98. The van der Waals surface area contributed by atoms with E-state index in [4.69, 9.17) is 9.15 Å². The summed E-state index contributed by atoms with van der Waals surface area (Å²) in [6.45, 7) is 7.22. The fourth-order valence-corrected chi connectivity index (χ4v) is 2.67. The molecule has 0 aromatic carbocycles. The van der Waals surface area contributed by atoms with Crippen LogP contribution in [0.15, 0.2) is 28.2 Å². The predicted molar refractivity (Wildman–Crippen MR) is 82.0 cm³/mol. The van der Waals surface area contributed by atoms with Gasteiger partial charge in [0.2, 0.25) is 0 Å². The van der Waals surface area contributed by atoms with Gasteiger partial charge >= 0.3 is 5.97 Å². The molecule has 0 saturated carbocycles. The highest BCUT2D eigenvalue weighted by Crippen LogP contribution is 2.24. The lowest BCUT2D eigenvalue weighted by molar-refractivity contribution is -0.145. The minimum Gasteiger partial charge on any atom is -0.465 e. The van der Waals surface area contributed by atoms with Crippen LogP contribution in [-0.2, 0) is 16.1 Å². The van der Waals surface area contributed by atoms with E-state index >= 15 is 0 Å². The van der Waals surface area contributed by atoms with Crippen molar-refractivity contribution in [3.8, 4) is 10.8 Å². The quantitative estimate of drug-likeness (QED) is 0.735. The van der Waals surface area contributed by atoms with Gasteiger partial charge in [-0.3, -0.25) is 9.69 Å². The van der Waals surface area contributed by atoms with Crippen molar-refractivity contribution in [2.45, 2.75) is 33.4 Å². The molecule has 0 radical (unpaired) electrons. The molecule has 2 aromatic rings. The lowest BCUT2D eigenvalue weighted by atomic mass is 10.3. The lowest BCUT2D eigenvalue weighted by Gasteiger charge is -2.24. The number of carbonyl (C=O) groups excluding carboxylic acids is 1. The molecule has 6 heteroatoms. The van der Waals surface area contributed by atoms with Crippen LogP contribution in [0.25, 0.3) is 10.8 Å². The first-order valence-corrected chi connectivity index (χ1v) is 7.86. The zero-order valence-corrected chi connectivity index (χ0v) is 13.4. The average Bonchev–Trinajstić information content (AvgIpc) is 3.08. The Morgan fingerprint density at radius 2 is 2.33 bits per heavy atom. The molecular formula is C15H20N2O3S. The number of ether oxygens (including phenoxy) is 1. The number of furan rings is 1. The van der Waals surface area contributed by atoms with Crippen molar-refractivity contribution in [3.63, 3.8) is 0 Å². The van der Waals surface area contributed by atoms with Crippen molar-refractivity contribution in [1.29, 1.82) is 0 Å². The Kier molecular flexibility index (Phi) is 5.52. The van der Waals surface area contributed by atoms with Crippen LogP contribution in [0.2, 0.25) is 0 Å². The molecule has 5 nitrogen and oxygen atoms in total. The van der Waals surface area contributed by atoms with E-state index in [2.05, 4.69) is 18.8 Å². The second-order valence-electron chi connectivity index (χ2n) is 4.93. The number of rotatable bonds is 7. The van der Waals surface area contributed by atoms with Gasteiger partial charge in [-0.05, 0) is 32.9 Å². The van der Waals surface area contributed by atoms with Crippen molar-refractivity contribution in [2.75, 3.05) is 13.2 Å². The number of thiazole rings is 1. The highest BCUT2D eigenvalue weighted by atomic mass is 32.1. The third kappa shape index (κ3) is 4.41. The molecule has 0 aliphatic rings. The summed E-state index contributed by atoms with van der Waals surface area (Å²) in [6.07, 6.45) is 1.64. The summed E-state index contributed by atoms with van der Waals surface area (Å²) in [5.41, 5.74) is 0.935. The van der Waals surface area contributed by atoms with Crippen LogP contribution in [0.5, 0.6) is 0 Å². The highest BCUT2D eigenvalue weighted by molar-refractivity contribution is 7.13. The fraction of sp³-hybridized carbons (Fsp3) is 0.467. The van der Waals surface area contributed by atoms with Gasteiger partial charge in [-0.1, -0.05) is 0 Å². The van der Waals surface area contributed by atoms with Gasteiger partial charge in [0.05, 0.1) is 25.1 Å². The number of hydrogen-bond acceptors (Lipinski definition) is 6. The summed E-state index contributed by atoms with van der Waals surface area (Å²) in [4.78, 5) is 18.2. The molecule has 0 N–H and O–H groups in total. The summed E-state index contributed by atoms with van der Waals surface area (Å²) >= 11 is 1.54. The Balaban J connectivity index is 2.02. The molecule has 0 fully saturated rings. The minimum atomic E-state index is -0.201. The lowest BCUT2D eigenvalue weighted by Crippen LogP contribution is -2.36. The van der Waals surface area contributed by atoms with Crippen molar-refractivity contribution >= 4 is 17.3 Å². The van der Waals surface area contributed by atoms with Crippen LogP contribution < -0.4 is 0 Å². The third-order valence-electron chi connectivity index (χ3n) is 3.02. The van der Waals surface area contributed by atoms with Crippen molar-refractivity contribution in [2.24, 2.45) is 0 Å². The largest absolute Gasteiger partial charge is 0.465 e. The summed E-state index contributed by atoms with van der Waals surface area (Å²) in [7, 11) is 0.